The second-order valence-corrected chi connectivity index (χ2v) is 4.80. The molecule has 108 valence electrons. The van der Waals surface area contributed by atoms with Crippen LogP contribution >= 0.6 is 11.6 Å². The number of nitrogens with one attached hydrogen (secondary N) is 1. The van der Waals surface area contributed by atoms with Gasteiger partial charge in [-0.25, -0.2) is 0 Å². The zero-order valence-electron chi connectivity index (χ0n) is 12.0. The van der Waals surface area contributed by atoms with Crippen LogP contribution in [-0.2, 0) is 9.47 Å². The molecular formula is C15H24ClNO2. The number of ether oxygens (including phenoxy) is 2. The van der Waals surface area contributed by atoms with Crippen molar-refractivity contribution in [1.82, 2.24) is 5.32 Å². The van der Waals surface area contributed by atoms with Crippen molar-refractivity contribution < 1.29 is 9.47 Å². The summed E-state index contributed by atoms with van der Waals surface area (Å²) in [4.78, 5) is 0. The first-order valence-electron chi connectivity index (χ1n) is 6.89. The molecule has 0 unspecified atom stereocenters. The van der Waals surface area contributed by atoms with Gasteiger partial charge in [-0.3, -0.25) is 0 Å². The summed E-state index contributed by atoms with van der Waals surface area (Å²) in [6, 6.07) is 8.19. The summed E-state index contributed by atoms with van der Waals surface area (Å²) in [6.07, 6.45) is 0.723. The van der Waals surface area contributed by atoms with E-state index in [2.05, 4.69) is 18.3 Å². The quantitative estimate of drug-likeness (QED) is 0.701. The van der Waals surface area contributed by atoms with Crippen LogP contribution in [0.4, 0.5) is 0 Å². The van der Waals surface area contributed by atoms with E-state index in [1.807, 2.05) is 32.0 Å². The molecule has 0 amide bonds. The third-order valence-corrected chi connectivity index (χ3v) is 3.12. The maximum Gasteiger partial charge on any atom is 0.158 e. The van der Waals surface area contributed by atoms with Crippen LogP contribution in [0.2, 0.25) is 5.02 Å². The normalized spacial score (nSPS) is 12.9. The fourth-order valence-electron chi connectivity index (χ4n) is 1.90. The van der Waals surface area contributed by atoms with Crippen LogP contribution in [0.25, 0.3) is 0 Å². The van der Waals surface area contributed by atoms with Gasteiger partial charge in [0.05, 0.1) is 0 Å². The highest BCUT2D eigenvalue weighted by atomic mass is 35.5. The Morgan fingerprint density at radius 3 is 2.47 bits per heavy atom. The number of hydrogen-bond donors (Lipinski definition) is 1. The monoisotopic (exact) mass is 285 g/mol. The van der Waals surface area contributed by atoms with Gasteiger partial charge in [0, 0.05) is 37.2 Å². The Bertz CT molecular complexity index is 354. The van der Waals surface area contributed by atoms with E-state index in [1.165, 1.54) is 5.56 Å². The van der Waals surface area contributed by atoms with Gasteiger partial charge in [-0.15, -0.1) is 0 Å². The Balaban J connectivity index is 2.35. The Hall–Kier alpha value is -0.610. The molecule has 0 aliphatic heterocycles. The second kappa shape index (κ2) is 9.32. The van der Waals surface area contributed by atoms with E-state index in [4.69, 9.17) is 21.1 Å². The Kier molecular flexibility index (Phi) is 8.07. The second-order valence-electron chi connectivity index (χ2n) is 4.36. The van der Waals surface area contributed by atoms with Crippen LogP contribution in [0, 0.1) is 0 Å². The maximum atomic E-state index is 5.99. The largest absolute Gasteiger partial charge is 0.353 e. The van der Waals surface area contributed by atoms with Gasteiger partial charge >= 0.3 is 0 Å². The smallest absolute Gasteiger partial charge is 0.158 e. The summed E-state index contributed by atoms with van der Waals surface area (Å²) in [6.45, 7) is 8.28. The molecule has 0 heterocycles. The van der Waals surface area contributed by atoms with Crippen molar-refractivity contribution in [3.63, 3.8) is 0 Å². The van der Waals surface area contributed by atoms with Gasteiger partial charge < -0.3 is 14.8 Å². The predicted molar refractivity (Wildman–Crippen MR) is 79.5 cm³/mol. The molecule has 1 rings (SSSR count). The van der Waals surface area contributed by atoms with Gasteiger partial charge in [0.2, 0.25) is 0 Å². The van der Waals surface area contributed by atoms with Gasteiger partial charge in [0.25, 0.3) is 0 Å². The van der Waals surface area contributed by atoms with E-state index in [1.54, 1.807) is 0 Å². The first-order valence-corrected chi connectivity index (χ1v) is 7.27. The van der Waals surface area contributed by atoms with Gasteiger partial charge in [0.15, 0.2) is 6.29 Å². The highest BCUT2D eigenvalue weighted by molar-refractivity contribution is 6.30. The van der Waals surface area contributed by atoms with Gasteiger partial charge in [-0.05, 0) is 38.5 Å². The molecule has 0 aromatic heterocycles. The van der Waals surface area contributed by atoms with Crippen molar-refractivity contribution in [2.45, 2.75) is 39.5 Å². The van der Waals surface area contributed by atoms with Crippen LogP contribution in [0.1, 0.15) is 38.8 Å². The van der Waals surface area contributed by atoms with Crippen molar-refractivity contribution in [3.05, 3.63) is 34.9 Å². The molecule has 4 heteroatoms. The molecule has 0 aliphatic rings. The molecule has 0 saturated carbocycles. The third kappa shape index (κ3) is 6.39. The Labute approximate surface area is 121 Å². The van der Waals surface area contributed by atoms with Crippen LogP contribution < -0.4 is 5.32 Å². The molecule has 0 fully saturated rings. The lowest BCUT2D eigenvalue weighted by Gasteiger charge is -2.19. The molecule has 0 radical (unpaired) electrons. The number of rotatable bonds is 9. The van der Waals surface area contributed by atoms with E-state index in [0.29, 0.717) is 13.2 Å². The average Bonchev–Trinajstić information content (AvgIpc) is 2.39. The molecule has 0 saturated heterocycles. The van der Waals surface area contributed by atoms with Gasteiger partial charge in [-0.2, -0.15) is 0 Å². The first kappa shape index (κ1) is 16.4. The highest BCUT2D eigenvalue weighted by Crippen LogP contribution is 2.17. The molecule has 0 aliphatic carbocycles. The molecule has 3 nitrogen and oxygen atoms in total. The molecule has 19 heavy (non-hydrogen) atoms. The molecule has 1 aromatic rings. The lowest BCUT2D eigenvalue weighted by molar-refractivity contribution is -0.138. The maximum absolute atomic E-state index is 5.99. The molecule has 0 bridgehead atoms. The fraction of sp³-hybridized carbons (Fsp3) is 0.600. The van der Waals surface area contributed by atoms with Crippen LogP contribution in [0.5, 0.6) is 0 Å². The zero-order chi connectivity index (χ0) is 14.1. The van der Waals surface area contributed by atoms with Gasteiger partial charge in [-0.1, -0.05) is 23.7 Å². The number of halogens is 1. The van der Waals surface area contributed by atoms with Crippen LogP contribution in [-0.4, -0.2) is 26.0 Å². The zero-order valence-corrected chi connectivity index (χ0v) is 12.7. The lowest BCUT2D eigenvalue weighted by Crippen LogP contribution is -2.26. The van der Waals surface area contributed by atoms with Crippen molar-refractivity contribution in [1.29, 1.82) is 0 Å². The predicted octanol–water partition coefficient (Wildman–Crippen LogP) is 3.78. The summed E-state index contributed by atoms with van der Waals surface area (Å²) in [5, 5.41) is 4.23. The summed E-state index contributed by atoms with van der Waals surface area (Å²) >= 11 is 5.99. The minimum absolute atomic E-state index is 0.117. The number of hydrogen-bond acceptors (Lipinski definition) is 3. The van der Waals surface area contributed by atoms with E-state index in [-0.39, 0.29) is 12.3 Å². The third-order valence-electron chi connectivity index (χ3n) is 2.88. The standard InChI is InChI=1S/C15H24ClNO2/c1-4-18-15(19-5-2)9-10-17-12(3)13-7-6-8-14(16)11-13/h6-8,11-12,15,17H,4-5,9-10H2,1-3H3/t12-/m0/s1. The average molecular weight is 286 g/mol. The first-order chi connectivity index (χ1) is 9.17. The number of benzene rings is 1. The summed E-state index contributed by atoms with van der Waals surface area (Å²) in [5.74, 6) is 0. The summed E-state index contributed by atoms with van der Waals surface area (Å²) < 4.78 is 11.0. The van der Waals surface area contributed by atoms with Crippen LogP contribution in [0.15, 0.2) is 24.3 Å². The minimum atomic E-state index is -0.117. The molecule has 1 atom stereocenters. The van der Waals surface area contributed by atoms with Crippen molar-refractivity contribution >= 4 is 11.6 Å². The van der Waals surface area contributed by atoms with Crippen molar-refractivity contribution in [2.24, 2.45) is 0 Å². The minimum Gasteiger partial charge on any atom is -0.353 e. The Morgan fingerprint density at radius 2 is 1.89 bits per heavy atom. The van der Waals surface area contributed by atoms with Crippen molar-refractivity contribution in [2.75, 3.05) is 19.8 Å². The van der Waals surface area contributed by atoms with E-state index in [9.17, 15) is 0 Å². The van der Waals surface area contributed by atoms with E-state index < -0.39 is 0 Å². The summed E-state index contributed by atoms with van der Waals surface area (Å²) in [5.41, 5.74) is 1.19. The lowest BCUT2D eigenvalue weighted by atomic mass is 10.1. The van der Waals surface area contributed by atoms with Crippen LogP contribution in [0.3, 0.4) is 0 Å². The van der Waals surface area contributed by atoms with E-state index >= 15 is 0 Å². The molecule has 0 spiro atoms. The Morgan fingerprint density at radius 1 is 1.21 bits per heavy atom. The molecule has 1 N–H and O–H groups in total. The molecular weight excluding hydrogens is 262 g/mol. The topological polar surface area (TPSA) is 30.5 Å². The SMILES string of the molecule is CCOC(CCN[C@@H](C)c1cccc(Cl)c1)OCC. The highest BCUT2D eigenvalue weighted by Gasteiger charge is 2.09. The van der Waals surface area contributed by atoms with Crippen molar-refractivity contribution in [3.8, 4) is 0 Å². The summed E-state index contributed by atoms with van der Waals surface area (Å²) in [7, 11) is 0. The van der Waals surface area contributed by atoms with Gasteiger partial charge in [0.1, 0.15) is 0 Å². The molecule has 1 aromatic carbocycles. The fourth-order valence-corrected chi connectivity index (χ4v) is 2.10. The van der Waals surface area contributed by atoms with E-state index in [0.717, 1.165) is 18.0 Å².